The largest absolute Gasteiger partial charge is 0.258 e. The lowest BCUT2D eigenvalue weighted by Gasteiger charge is -2.31. The van der Waals surface area contributed by atoms with Crippen LogP contribution in [0.25, 0.3) is 0 Å². The van der Waals surface area contributed by atoms with Crippen molar-refractivity contribution in [3.05, 3.63) is 0 Å². The summed E-state index contributed by atoms with van der Waals surface area (Å²) in [5.41, 5.74) is 3.31. The van der Waals surface area contributed by atoms with Gasteiger partial charge in [0.15, 0.2) is 0 Å². The molecule has 0 aliphatic carbocycles. The first kappa shape index (κ1) is 10.0. The van der Waals surface area contributed by atoms with Crippen molar-refractivity contribution in [1.82, 2.24) is 10.4 Å². The van der Waals surface area contributed by atoms with E-state index in [1.807, 2.05) is 7.05 Å². The quantitative estimate of drug-likeness (QED) is 0.682. The maximum atomic E-state index is 3.31. The molecule has 0 aromatic carbocycles. The predicted molar refractivity (Wildman–Crippen MR) is 52.9 cm³/mol. The molecular formula is C10H22N2. The zero-order chi connectivity index (χ0) is 8.97. The minimum atomic E-state index is 0.748. The van der Waals surface area contributed by atoms with Crippen LogP contribution in [0.5, 0.6) is 0 Å². The van der Waals surface area contributed by atoms with Gasteiger partial charge in [0.05, 0.1) is 0 Å². The van der Waals surface area contributed by atoms with Gasteiger partial charge >= 0.3 is 0 Å². The Morgan fingerprint density at radius 3 is 2.58 bits per heavy atom. The van der Waals surface area contributed by atoms with Crippen LogP contribution in [-0.4, -0.2) is 24.6 Å². The minimum absolute atomic E-state index is 0.748. The van der Waals surface area contributed by atoms with Crippen LogP contribution >= 0.6 is 0 Å². The Morgan fingerprint density at radius 1 is 1.25 bits per heavy atom. The fourth-order valence-corrected chi connectivity index (χ4v) is 2.10. The Hall–Kier alpha value is -0.0800. The van der Waals surface area contributed by atoms with Gasteiger partial charge in [-0.2, -0.15) is 0 Å². The first-order valence-electron chi connectivity index (χ1n) is 5.19. The molecule has 1 fully saturated rings. The Labute approximate surface area is 76.3 Å². The van der Waals surface area contributed by atoms with Gasteiger partial charge in [0.25, 0.3) is 0 Å². The Morgan fingerprint density at radius 2 is 2.00 bits per heavy atom. The van der Waals surface area contributed by atoms with Crippen molar-refractivity contribution in [2.75, 3.05) is 13.6 Å². The lowest BCUT2D eigenvalue weighted by atomic mass is 9.99. The molecule has 1 heterocycles. The molecule has 1 atom stereocenters. The van der Waals surface area contributed by atoms with E-state index in [1.165, 1.54) is 32.2 Å². The fourth-order valence-electron chi connectivity index (χ4n) is 2.10. The molecule has 72 valence electrons. The van der Waals surface area contributed by atoms with E-state index in [0.29, 0.717) is 0 Å². The summed E-state index contributed by atoms with van der Waals surface area (Å²) in [5.74, 6) is 0.774. The van der Waals surface area contributed by atoms with E-state index >= 15 is 0 Å². The van der Waals surface area contributed by atoms with Crippen molar-refractivity contribution in [2.45, 2.75) is 45.6 Å². The van der Waals surface area contributed by atoms with Crippen LogP contribution in [0.1, 0.15) is 39.5 Å². The maximum Gasteiger partial charge on any atom is 0.0266 e. The van der Waals surface area contributed by atoms with Gasteiger partial charge in [0, 0.05) is 12.6 Å². The van der Waals surface area contributed by atoms with Gasteiger partial charge in [0.1, 0.15) is 0 Å². The molecule has 2 nitrogen and oxygen atoms in total. The van der Waals surface area contributed by atoms with Crippen LogP contribution in [0.2, 0.25) is 0 Å². The molecule has 2 heteroatoms. The zero-order valence-electron chi connectivity index (χ0n) is 8.64. The van der Waals surface area contributed by atoms with E-state index in [0.717, 1.165) is 12.0 Å². The van der Waals surface area contributed by atoms with Crippen molar-refractivity contribution < 1.29 is 0 Å². The zero-order valence-corrected chi connectivity index (χ0v) is 8.64. The third-order valence-electron chi connectivity index (χ3n) is 2.86. The monoisotopic (exact) mass is 170 g/mol. The second kappa shape index (κ2) is 4.83. The Bertz CT molecular complexity index is 123. The second-order valence-electron chi connectivity index (χ2n) is 4.08. The van der Waals surface area contributed by atoms with Gasteiger partial charge in [-0.1, -0.05) is 26.7 Å². The number of nitrogens with zero attached hydrogens (tertiary/aromatic N) is 1. The van der Waals surface area contributed by atoms with Crippen LogP contribution in [0.4, 0.5) is 0 Å². The summed E-state index contributed by atoms with van der Waals surface area (Å²) in [7, 11) is 2.04. The molecule has 0 bridgehead atoms. The smallest absolute Gasteiger partial charge is 0.0266 e. The summed E-state index contributed by atoms with van der Waals surface area (Å²) in [4.78, 5) is 0. The summed E-state index contributed by atoms with van der Waals surface area (Å²) < 4.78 is 0. The molecular weight excluding hydrogens is 148 g/mol. The molecule has 1 saturated heterocycles. The highest BCUT2D eigenvalue weighted by Gasteiger charge is 2.22. The van der Waals surface area contributed by atoms with Crippen LogP contribution in [0.15, 0.2) is 0 Å². The van der Waals surface area contributed by atoms with Crippen LogP contribution in [0, 0.1) is 5.92 Å². The van der Waals surface area contributed by atoms with Gasteiger partial charge in [-0.25, -0.2) is 5.01 Å². The topological polar surface area (TPSA) is 15.3 Å². The van der Waals surface area contributed by atoms with Crippen molar-refractivity contribution >= 4 is 0 Å². The van der Waals surface area contributed by atoms with E-state index in [9.17, 15) is 0 Å². The molecule has 0 radical (unpaired) electrons. The lowest BCUT2D eigenvalue weighted by Crippen LogP contribution is -2.45. The average molecular weight is 170 g/mol. The molecule has 1 aliphatic heterocycles. The average Bonchev–Trinajstić information content (AvgIpc) is 2.27. The predicted octanol–water partition coefficient (Wildman–Crippen LogP) is 2.02. The second-order valence-corrected chi connectivity index (χ2v) is 4.08. The molecule has 0 saturated carbocycles. The van der Waals surface area contributed by atoms with Crippen molar-refractivity contribution in [3.63, 3.8) is 0 Å². The number of rotatable bonds is 2. The molecule has 12 heavy (non-hydrogen) atoms. The van der Waals surface area contributed by atoms with Crippen molar-refractivity contribution in [1.29, 1.82) is 0 Å². The van der Waals surface area contributed by atoms with Crippen molar-refractivity contribution in [3.8, 4) is 0 Å². The van der Waals surface area contributed by atoms with Crippen LogP contribution in [0.3, 0.4) is 0 Å². The summed E-state index contributed by atoms with van der Waals surface area (Å²) in [6.07, 6.45) is 5.52. The normalized spacial score (nSPS) is 27.5. The summed E-state index contributed by atoms with van der Waals surface area (Å²) in [6, 6.07) is 0.748. The Balaban J connectivity index is 2.51. The Kier molecular flexibility index (Phi) is 4.02. The van der Waals surface area contributed by atoms with Crippen molar-refractivity contribution in [2.24, 2.45) is 5.92 Å². The van der Waals surface area contributed by atoms with Gasteiger partial charge in [-0.05, 0) is 25.8 Å². The van der Waals surface area contributed by atoms with Crippen LogP contribution in [-0.2, 0) is 0 Å². The first-order chi connectivity index (χ1) is 5.75. The molecule has 1 aliphatic rings. The highest BCUT2D eigenvalue weighted by atomic mass is 15.5. The van der Waals surface area contributed by atoms with E-state index in [2.05, 4.69) is 24.3 Å². The molecule has 0 aromatic rings. The number of nitrogens with one attached hydrogen (secondary N) is 1. The third kappa shape index (κ3) is 2.46. The molecule has 1 rings (SSSR count). The summed E-state index contributed by atoms with van der Waals surface area (Å²) in [5, 5.41) is 2.41. The molecule has 0 amide bonds. The number of hydrogen-bond acceptors (Lipinski definition) is 2. The number of hydrogen-bond donors (Lipinski definition) is 1. The lowest BCUT2D eigenvalue weighted by molar-refractivity contribution is 0.108. The van der Waals surface area contributed by atoms with Gasteiger partial charge in [-0.3, -0.25) is 5.43 Å². The number of hydrazine groups is 1. The van der Waals surface area contributed by atoms with Crippen LogP contribution < -0.4 is 5.43 Å². The molecule has 1 unspecified atom stereocenters. The fraction of sp³-hybridized carbons (Fsp3) is 1.00. The van der Waals surface area contributed by atoms with Gasteiger partial charge in [0.2, 0.25) is 0 Å². The van der Waals surface area contributed by atoms with E-state index in [4.69, 9.17) is 0 Å². The minimum Gasteiger partial charge on any atom is -0.258 e. The molecule has 1 N–H and O–H groups in total. The molecule has 0 spiro atoms. The highest BCUT2D eigenvalue weighted by molar-refractivity contribution is 4.74. The first-order valence-corrected chi connectivity index (χ1v) is 5.19. The van der Waals surface area contributed by atoms with Gasteiger partial charge < -0.3 is 0 Å². The highest BCUT2D eigenvalue weighted by Crippen LogP contribution is 2.20. The summed E-state index contributed by atoms with van der Waals surface area (Å²) in [6.45, 7) is 5.86. The van der Waals surface area contributed by atoms with E-state index in [1.54, 1.807) is 0 Å². The van der Waals surface area contributed by atoms with E-state index < -0.39 is 0 Å². The SMILES string of the molecule is CNN1CCCCCC1C(C)C. The molecule has 0 aromatic heterocycles. The maximum absolute atomic E-state index is 3.31. The standard InChI is InChI=1S/C10H22N2/c1-9(2)10-7-5-4-6-8-12(10)11-3/h9-11H,4-8H2,1-3H3. The van der Waals surface area contributed by atoms with Gasteiger partial charge in [-0.15, -0.1) is 0 Å². The summed E-state index contributed by atoms with van der Waals surface area (Å²) >= 11 is 0. The third-order valence-corrected chi connectivity index (χ3v) is 2.86. The van der Waals surface area contributed by atoms with E-state index in [-0.39, 0.29) is 0 Å².